The molecule has 1 aliphatic carbocycles. The lowest BCUT2D eigenvalue weighted by Gasteiger charge is -2.08. The van der Waals surface area contributed by atoms with Crippen LogP contribution in [-0.2, 0) is 6.54 Å². The quantitative estimate of drug-likeness (QED) is 0.791. The van der Waals surface area contributed by atoms with Gasteiger partial charge in [-0.1, -0.05) is 0 Å². The molecule has 2 atom stereocenters. The topological polar surface area (TPSA) is 89.9 Å². The highest BCUT2D eigenvalue weighted by Crippen LogP contribution is 2.48. The Labute approximate surface area is 96.3 Å². The number of alkyl halides is 1. The van der Waals surface area contributed by atoms with Crippen LogP contribution >= 0.6 is 0 Å². The summed E-state index contributed by atoms with van der Waals surface area (Å²) in [6, 6.07) is 0. The minimum atomic E-state index is -1.35. The summed E-state index contributed by atoms with van der Waals surface area (Å²) in [5, 5.41) is 8.92. The van der Waals surface area contributed by atoms with Crippen LogP contribution in [0.3, 0.4) is 0 Å². The lowest BCUT2D eigenvalue weighted by atomic mass is 10.3. The van der Waals surface area contributed by atoms with E-state index < -0.39 is 5.67 Å². The number of imidazole rings is 1. The number of nitrogen functional groups attached to an aromatic ring is 1. The number of halogens is 1. The van der Waals surface area contributed by atoms with Crippen molar-refractivity contribution in [2.75, 3.05) is 12.3 Å². The highest BCUT2D eigenvalue weighted by molar-refractivity contribution is 5.81. The molecule has 90 valence electrons. The second kappa shape index (κ2) is 3.36. The lowest BCUT2D eigenvalue weighted by molar-refractivity contribution is 0.194. The summed E-state index contributed by atoms with van der Waals surface area (Å²) in [5.41, 5.74) is 5.31. The minimum Gasteiger partial charge on any atom is -0.396 e. The molecule has 0 unspecified atom stereocenters. The predicted molar refractivity (Wildman–Crippen MR) is 58.8 cm³/mol. The van der Waals surface area contributed by atoms with Crippen molar-refractivity contribution in [2.24, 2.45) is 5.92 Å². The molecule has 1 fully saturated rings. The molecule has 0 spiro atoms. The minimum absolute atomic E-state index is 0.125. The Hall–Kier alpha value is -1.76. The zero-order valence-electron chi connectivity index (χ0n) is 9.04. The van der Waals surface area contributed by atoms with Crippen LogP contribution in [0.15, 0.2) is 12.7 Å². The Kier molecular flexibility index (Phi) is 2.06. The molecule has 17 heavy (non-hydrogen) atoms. The van der Waals surface area contributed by atoms with Crippen LogP contribution in [0.5, 0.6) is 0 Å². The fraction of sp³-hybridized carbons (Fsp3) is 0.500. The van der Waals surface area contributed by atoms with Crippen LogP contribution in [0.4, 0.5) is 10.2 Å². The van der Waals surface area contributed by atoms with Gasteiger partial charge in [0, 0.05) is 12.5 Å². The Morgan fingerprint density at radius 3 is 3.06 bits per heavy atom. The molecule has 2 aromatic rings. The normalized spacial score (nSPS) is 27.5. The summed E-state index contributed by atoms with van der Waals surface area (Å²) in [5.74, 6) is 0.00953. The number of nitrogens with zero attached hydrogens (tertiary/aromatic N) is 4. The second-order valence-corrected chi connectivity index (χ2v) is 4.42. The number of fused-ring (bicyclic) bond motifs is 1. The van der Waals surface area contributed by atoms with Crippen LogP contribution in [-0.4, -0.2) is 36.9 Å². The van der Waals surface area contributed by atoms with Crippen LogP contribution < -0.4 is 5.73 Å². The fourth-order valence-electron chi connectivity index (χ4n) is 2.07. The van der Waals surface area contributed by atoms with Crippen LogP contribution in [0.1, 0.15) is 6.42 Å². The number of aliphatic hydroxyl groups is 1. The summed E-state index contributed by atoms with van der Waals surface area (Å²) < 4.78 is 15.7. The average molecular weight is 237 g/mol. The molecule has 2 heterocycles. The molecule has 7 heteroatoms. The summed E-state index contributed by atoms with van der Waals surface area (Å²) in [6.07, 6.45) is 3.21. The first-order valence-corrected chi connectivity index (χ1v) is 5.35. The largest absolute Gasteiger partial charge is 0.396 e. The third kappa shape index (κ3) is 1.54. The van der Waals surface area contributed by atoms with E-state index in [0.29, 0.717) is 17.6 Å². The van der Waals surface area contributed by atoms with E-state index >= 15 is 0 Å². The van der Waals surface area contributed by atoms with Gasteiger partial charge in [0.05, 0.1) is 12.9 Å². The molecule has 2 aromatic heterocycles. The van der Waals surface area contributed by atoms with Crippen LogP contribution in [0.25, 0.3) is 11.2 Å². The predicted octanol–water partition coefficient (Wildman–Crippen LogP) is 0.129. The maximum atomic E-state index is 14.1. The molecule has 6 nitrogen and oxygen atoms in total. The maximum absolute atomic E-state index is 14.1. The van der Waals surface area contributed by atoms with Crippen LogP contribution in [0, 0.1) is 5.92 Å². The van der Waals surface area contributed by atoms with Crippen molar-refractivity contribution in [1.82, 2.24) is 19.5 Å². The van der Waals surface area contributed by atoms with Gasteiger partial charge in [-0.25, -0.2) is 19.3 Å². The van der Waals surface area contributed by atoms with Crippen molar-refractivity contribution in [2.45, 2.75) is 18.6 Å². The highest BCUT2D eigenvalue weighted by atomic mass is 19.1. The van der Waals surface area contributed by atoms with Gasteiger partial charge >= 0.3 is 0 Å². The van der Waals surface area contributed by atoms with Crippen molar-refractivity contribution in [3.8, 4) is 0 Å². The van der Waals surface area contributed by atoms with Gasteiger partial charge in [-0.05, 0) is 6.42 Å². The molecule has 0 bridgehead atoms. The van der Waals surface area contributed by atoms with E-state index in [1.807, 2.05) is 0 Å². The van der Waals surface area contributed by atoms with Gasteiger partial charge < -0.3 is 15.4 Å². The van der Waals surface area contributed by atoms with E-state index in [1.165, 1.54) is 12.7 Å². The van der Waals surface area contributed by atoms with E-state index in [4.69, 9.17) is 10.8 Å². The number of rotatable bonds is 3. The highest BCUT2D eigenvalue weighted by Gasteiger charge is 2.55. The smallest absolute Gasteiger partial charge is 0.165 e. The van der Waals surface area contributed by atoms with Crippen LogP contribution in [0.2, 0.25) is 0 Å². The number of aliphatic hydroxyl groups excluding tert-OH is 1. The Morgan fingerprint density at radius 1 is 1.53 bits per heavy atom. The molecule has 3 rings (SSSR count). The summed E-state index contributed by atoms with van der Waals surface area (Å²) in [6.45, 7) is 0.0193. The average Bonchev–Trinajstić information content (AvgIpc) is 2.78. The first-order valence-electron chi connectivity index (χ1n) is 5.35. The Morgan fingerprint density at radius 2 is 2.35 bits per heavy atom. The standard InChI is InChI=1S/C10H12FN5O/c11-10(1-6(10)2-17)3-16-5-15-7-8(12)13-4-14-9(7)16/h4-6,17H,1-3H2,(H2,12,13,14)/t6-,10-/m1/s1. The van der Waals surface area contributed by atoms with E-state index in [9.17, 15) is 4.39 Å². The third-order valence-corrected chi connectivity index (χ3v) is 3.24. The van der Waals surface area contributed by atoms with Gasteiger partial charge in [0.15, 0.2) is 11.5 Å². The molecular formula is C10H12FN5O. The molecule has 3 N–H and O–H groups in total. The van der Waals surface area contributed by atoms with Crippen molar-refractivity contribution < 1.29 is 9.50 Å². The van der Waals surface area contributed by atoms with Gasteiger partial charge in [0.1, 0.15) is 17.5 Å². The summed E-state index contributed by atoms with van der Waals surface area (Å²) in [4.78, 5) is 11.9. The van der Waals surface area contributed by atoms with E-state index in [2.05, 4.69) is 15.0 Å². The monoisotopic (exact) mass is 237 g/mol. The zero-order chi connectivity index (χ0) is 12.0. The number of anilines is 1. The molecule has 0 radical (unpaired) electrons. The van der Waals surface area contributed by atoms with Gasteiger partial charge in [-0.15, -0.1) is 0 Å². The molecule has 1 aliphatic rings. The molecule has 0 aromatic carbocycles. The molecular weight excluding hydrogens is 225 g/mol. The van der Waals surface area contributed by atoms with Crippen molar-refractivity contribution in [1.29, 1.82) is 0 Å². The van der Waals surface area contributed by atoms with Crippen molar-refractivity contribution in [3.63, 3.8) is 0 Å². The van der Waals surface area contributed by atoms with Gasteiger partial charge in [0.2, 0.25) is 0 Å². The summed E-state index contributed by atoms with van der Waals surface area (Å²) in [7, 11) is 0. The van der Waals surface area contributed by atoms with Gasteiger partial charge in [-0.3, -0.25) is 0 Å². The molecule has 0 aliphatic heterocycles. The lowest BCUT2D eigenvalue weighted by Crippen LogP contribution is -2.16. The van der Waals surface area contributed by atoms with Gasteiger partial charge in [0.25, 0.3) is 0 Å². The number of hydrogen-bond acceptors (Lipinski definition) is 5. The fourth-order valence-corrected chi connectivity index (χ4v) is 2.07. The first-order chi connectivity index (χ1) is 8.14. The number of aromatic nitrogens is 4. The number of hydrogen-bond donors (Lipinski definition) is 2. The maximum Gasteiger partial charge on any atom is 0.165 e. The molecule has 0 amide bonds. The summed E-state index contributed by atoms with van der Waals surface area (Å²) >= 11 is 0. The molecule has 1 saturated carbocycles. The van der Waals surface area contributed by atoms with Gasteiger partial charge in [-0.2, -0.15) is 0 Å². The zero-order valence-corrected chi connectivity index (χ0v) is 9.04. The molecule has 0 saturated heterocycles. The Bertz CT molecular complexity index is 571. The SMILES string of the molecule is Nc1ncnc2c1ncn2C[C@]1(F)C[C@@H]1CO. The van der Waals surface area contributed by atoms with Crippen molar-refractivity contribution >= 4 is 17.0 Å². The third-order valence-electron chi connectivity index (χ3n) is 3.24. The number of nitrogens with two attached hydrogens (primary N) is 1. The first kappa shape index (κ1) is 10.4. The van der Waals surface area contributed by atoms with E-state index in [-0.39, 0.29) is 24.9 Å². The second-order valence-electron chi connectivity index (χ2n) is 4.42. The Balaban J connectivity index is 1.94. The van der Waals surface area contributed by atoms with Crippen molar-refractivity contribution in [3.05, 3.63) is 12.7 Å². The van der Waals surface area contributed by atoms with E-state index in [1.54, 1.807) is 4.57 Å². The van der Waals surface area contributed by atoms with E-state index in [0.717, 1.165) is 0 Å².